The van der Waals surface area contributed by atoms with E-state index in [0.29, 0.717) is 6.04 Å². The fourth-order valence-corrected chi connectivity index (χ4v) is 1.37. The third-order valence-corrected chi connectivity index (χ3v) is 3.18. The Kier molecular flexibility index (Phi) is 3.71. The average molecular weight is 186 g/mol. The topological polar surface area (TPSA) is 24.5 Å². The first kappa shape index (κ1) is 11.0. The number of hydrogen-bond donors (Lipinski definition) is 1. The molecule has 0 atom stereocenters. The minimum atomic E-state index is 0.240. The van der Waals surface area contributed by atoms with E-state index in [4.69, 9.17) is 4.74 Å². The van der Waals surface area contributed by atoms with E-state index in [1.54, 1.807) is 0 Å². The summed E-state index contributed by atoms with van der Waals surface area (Å²) in [5.41, 5.74) is 3.79. The zero-order valence-corrected chi connectivity index (χ0v) is 9.26. The van der Waals surface area contributed by atoms with Crippen LogP contribution in [0, 0.1) is 0 Å². The maximum absolute atomic E-state index is 5.16. The molecule has 1 N–H and O–H groups in total. The minimum absolute atomic E-state index is 0.240. The fourth-order valence-electron chi connectivity index (χ4n) is 1.37. The van der Waals surface area contributed by atoms with Crippen molar-refractivity contribution < 1.29 is 4.74 Å². The van der Waals surface area contributed by atoms with E-state index in [0.717, 1.165) is 26.1 Å². The van der Waals surface area contributed by atoms with Crippen molar-refractivity contribution in [2.75, 3.05) is 20.3 Å². The van der Waals surface area contributed by atoms with Crippen molar-refractivity contribution in [3.8, 4) is 0 Å². The predicted octanol–water partition coefficient (Wildman–Crippen LogP) is 1.40. The molecule has 13 heavy (non-hydrogen) atoms. The first-order chi connectivity index (χ1) is 6.11. The van der Waals surface area contributed by atoms with Gasteiger partial charge in [-0.3, -0.25) is 0 Å². The van der Waals surface area contributed by atoms with Crippen LogP contribution in [0.25, 0.3) is 0 Å². The van der Waals surface area contributed by atoms with Gasteiger partial charge in [-0.2, -0.15) is 0 Å². The molecule has 0 aromatic carbocycles. The van der Waals surface area contributed by atoms with Crippen molar-refractivity contribution in [2.24, 2.45) is 0 Å². The van der Waals surface area contributed by atoms with E-state index in [-0.39, 0.29) is 5.54 Å². The quantitative estimate of drug-likeness (QED) is 0.657. The first-order valence-corrected chi connectivity index (χ1v) is 5.19. The van der Waals surface area contributed by atoms with E-state index >= 15 is 0 Å². The highest BCUT2D eigenvalue weighted by Gasteiger charge is 2.28. The Hall–Kier alpha value is -0.120. The van der Waals surface area contributed by atoms with Crippen LogP contribution in [-0.2, 0) is 4.74 Å². The molecule has 1 heterocycles. The second-order valence-corrected chi connectivity index (χ2v) is 4.18. The van der Waals surface area contributed by atoms with Crippen LogP contribution in [0.4, 0.5) is 0 Å². The highest BCUT2D eigenvalue weighted by molar-refractivity contribution is 4.81. The highest BCUT2D eigenvalue weighted by Crippen LogP contribution is 2.16. The number of hydrogen-bond acceptors (Lipinski definition) is 3. The molecule has 3 nitrogen and oxygen atoms in total. The molecule has 0 unspecified atom stereocenters. The maximum Gasteiger partial charge on any atom is 0.0708 e. The first-order valence-electron chi connectivity index (χ1n) is 5.19. The van der Waals surface area contributed by atoms with Gasteiger partial charge in [0.15, 0.2) is 0 Å². The third kappa shape index (κ3) is 2.66. The number of nitrogens with one attached hydrogen (secondary N) is 1. The van der Waals surface area contributed by atoms with E-state index in [2.05, 4.69) is 38.3 Å². The molecule has 0 bridgehead atoms. The number of nitrogens with zero attached hydrogens (tertiary/aromatic N) is 1. The Morgan fingerprint density at radius 3 is 2.23 bits per heavy atom. The SMILES string of the molecule is CCC(C)(CC)NN(C)C1COC1. The summed E-state index contributed by atoms with van der Waals surface area (Å²) < 4.78 is 5.16. The van der Waals surface area contributed by atoms with E-state index in [9.17, 15) is 0 Å². The molecule has 0 spiro atoms. The van der Waals surface area contributed by atoms with Gasteiger partial charge < -0.3 is 4.74 Å². The Labute approximate surface area is 81.4 Å². The van der Waals surface area contributed by atoms with Gasteiger partial charge in [0.25, 0.3) is 0 Å². The monoisotopic (exact) mass is 186 g/mol. The van der Waals surface area contributed by atoms with Crippen LogP contribution in [0.1, 0.15) is 33.6 Å². The standard InChI is InChI=1S/C10H22N2O/c1-5-10(3,6-2)11-12(4)9-7-13-8-9/h9,11H,5-8H2,1-4H3. The summed E-state index contributed by atoms with van der Waals surface area (Å²) in [6.45, 7) is 8.45. The van der Waals surface area contributed by atoms with Crippen LogP contribution in [0.2, 0.25) is 0 Å². The van der Waals surface area contributed by atoms with Crippen molar-refractivity contribution in [1.82, 2.24) is 10.4 Å². The molecule has 1 fully saturated rings. The lowest BCUT2D eigenvalue weighted by atomic mass is 9.97. The number of rotatable bonds is 5. The van der Waals surface area contributed by atoms with Crippen molar-refractivity contribution in [3.63, 3.8) is 0 Å². The predicted molar refractivity (Wildman–Crippen MR) is 54.5 cm³/mol. The van der Waals surface area contributed by atoms with Crippen molar-refractivity contribution in [2.45, 2.75) is 45.2 Å². The van der Waals surface area contributed by atoms with E-state index in [1.807, 2.05) is 0 Å². The molecule has 1 aliphatic rings. The molecule has 0 radical (unpaired) electrons. The molecular weight excluding hydrogens is 164 g/mol. The second kappa shape index (κ2) is 4.40. The number of hydrazine groups is 1. The molecular formula is C10H22N2O. The Bertz CT molecular complexity index is 153. The van der Waals surface area contributed by atoms with Gasteiger partial charge in [0.2, 0.25) is 0 Å². The smallest absolute Gasteiger partial charge is 0.0708 e. The summed E-state index contributed by atoms with van der Waals surface area (Å²) in [6, 6.07) is 0.567. The zero-order valence-electron chi connectivity index (χ0n) is 9.26. The normalized spacial score (nSPS) is 19.2. The second-order valence-electron chi connectivity index (χ2n) is 4.18. The van der Waals surface area contributed by atoms with Crippen LogP contribution < -0.4 is 5.43 Å². The highest BCUT2D eigenvalue weighted by atomic mass is 16.5. The van der Waals surface area contributed by atoms with Gasteiger partial charge in [-0.1, -0.05) is 13.8 Å². The maximum atomic E-state index is 5.16. The third-order valence-electron chi connectivity index (χ3n) is 3.18. The molecule has 1 aliphatic heterocycles. The molecule has 1 rings (SSSR count). The average Bonchev–Trinajstić information content (AvgIpc) is 2.01. The molecule has 0 aromatic rings. The summed E-state index contributed by atoms with van der Waals surface area (Å²) >= 11 is 0. The number of ether oxygens (including phenoxy) is 1. The Morgan fingerprint density at radius 1 is 1.38 bits per heavy atom. The lowest BCUT2D eigenvalue weighted by Gasteiger charge is -2.41. The van der Waals surface area contributed by atoms with E-state index < -0.39 is 0 Å². The molecule has 0 aromatic heterocycles. The van der Waals surface area contributed by atoms with Gasteiger partial charge in [-0.15, -0.1) is 0 Å². The van der Waals surface area contributed by atoms with Gasteiger partial charge in [0, 0.05) is 12.6 Å². The molecule has 0 aliphatic carbocycles. The largest absolute Gasteiger partial charge is 0.378 e. The lowest BCUT2D eigenvalue weighted by molar-refractivity contribution is -0.0856. The summed E-state index contributed by atoms with van der Waals surface area (Å²) in [5.74, 6) is 0. The van der Waals surface area contributed by atoms with Gasteiger partial charge in [-0.05, 0) is 19.8 Å². The lowest BCUT2D eigenvalue weighted by Crippen LogP contribution is -2.59. The van der Waals surface area contributed by atoms with Gasteiger partial charge in [-0.25, -0.2) is 10.4 Å². The minimum Gasteiger partial charge on any atom is -0.378 e. The van der Waals surface area contributed by atoms with Crippen molar-refractivity contribution >= 4 is 0 Å². The molecule has 0 amide bonds. The fraction of sp³-hybridized carbons (Fsp3) is 1.00. The zero-order chi connectivity index (χ0) is 9.90. The van der Waals surface area contributed by atoms with Crippen LogP contribution >= 0.6 is 0 Å². The van der Waals surface area contributed by atoms with E-state index in [1.165, 1.54) is 0 Å². The Morgan fingerprint density at radius 2 is 1.92 bits per heavy atom. The Balaban J connectivity index is 2.35. The summed E-state index contributed by atoms with van der Waals surface area (Å²) in [7, 11) is 2.11. The molecule has 78 valence electrons. The van der Waals surface area contributed by atoms with Crippen LogP contribution in [0.15, 0.2) is 0 Å². The van der Waals surface area contributed by atoms with Crippen LogP contribution in [-0.4, -0.2) is 36.9 Å². The number of likely N-dealkylation sites (N-methyl/N-ethyl adjacent to an activating group) is 1. The van der Waals surface area contributed by atoms with Gasteiger partial charge in [0.05, 0.1) is 19.3 Å². The molecule has 1 saturated heterocycles. The summed E-state index contributed by atoms with van der Waals surface area (Å²) in [5, 5.41) is 2.20. The summed E-state index contributed by atoms with van der Waals surface area (Å²) in [4.78, 5) is 0. The van der Waals surface area contributed by atoms with Crippen molar-refractivity contribution in [1.29, 1.82) is 0 Å². The van der Waals surface area contributed by atoms with Gasteiger partial charge in [0.1, 0.15) is 0 Å². The van der Waals surface area contributed by atoms with Crippen LogP contribution in [0.3, 0.4) is 0 Å². The summed E-state index contributed by atoms with van der Waals surface area (Å²) in [6.07, 6.45) is 2.31. The molecule has 0 saturated carbocycles. The van der Waals surface area contributed by atoms with Gasteiger partial charge >= 0.3 is 0 Å². The molecule has 3 heteroatoms. The van der Waals surface area contributed by atoms with Crippen LogP contribution in [0.5, 0.6) is 0 Å². The van der Waals surface area contributed by atoms with Crippen molar-refractivity contribution in [3.05, 3.63) is 0 Å².